The lowest BCUT2D eigenvalue weighted by Crippen LogP contribution is -2.30. The van der Waals surface area contributed by atoms with Gasteiger partial charge in [0.25, 0.3) is 5.91 Å². The van der Waals surface area contributed by atoms with Gasteiger partial charge in [-0.05, 0) is 26.0 Å². The van der Waals surface area contributed by atoms with Crippen LogP contribution in [-0.4, -0.2) is 23.0 Å². The summed E-state index contributed by atoms with van der Waals surface area (Å²) in [7, 11) is 0. The Balaban J connectivity index is 1.71. The molecule has 0 spiro atoms. The van der Waals surface area contributed by atoms with Crippen molar-refractivity contribution >= 4 is 51.9 Å². The maximum atomic E-state index is 12.4. The number of aryl methyl sites for hydroxylation is 1. The first-order valence-electron chi connectivity index (χ1n) is 7.68. The van der Waals surface area contributed by atoms with E-state index >= 15 is 0 Å². The van der Waals surface area contributed by atoms with Gasteiger partial charge in [0.05, 0.1) is 10.0 Å². The van der Waals surface area contributed by atoms with Crippen LogP contribution in [0.1, 0.15) is 23.0 Å². The number of ether oxygens (including phenoxy) is 1. The van der Waals surface area contributed by atoms with Gasteiger partial charge < -0.3 is 14.5 Å². The molecule has 8 heteroatoms. The molecule has 6 nitrogen and oxygen atoms in total. The number of aromatic nitrogens is 1. The first-order valence-corrected chi connectivity index (χ1v) is 8.43. The Morgan fingerprint density at radius 1 is 1.27 bits per heavy atom. The predicted octanol–water partition coefficient (Wildman–Crippen LogP) is 4.63. The number of hydrogen-bond acceptors (Lipinski definition) is 5. The summed E-state index contributed by atoms with van der Waals surface area (Å²) in [5.74, 6) is -1.11. The number of hydrogen-bond donors (Lipinski definition) is 1. The van der Waals surface area contributed by atoms with Crippen LogP contribution < -0.4 is 5.32 Å². The highest BCUT2D eigenvalue weighted by Gasteiger charge is 2.24. The first-order chi connectivity index (χ1) is 12.4. The van der Waals surface area contributed by atoms with Gasteiger partial charge in [0.15, 0.2) is 11.9 Å². The average Bonchev–Trinajstić information content (AvgIpc) is 2.94. The van der Waals surface area contributed by atoms with Crippen molar-refractivity contribution in [1.29, 1.82) is 0 Å². The SMILES string of the molecule is Cc1c(C(=O)OC(C)C(=O)Nc2ncc(Cl)cc2Cl)oc2ccccc12. The monoisotopic (exact) mass is 392 g/mol. The lowest BCUT2D eigenvalue weighted by molar-refractivity contribution is -0.123. The third-order valence-corrected chi connectivity index (χ3v) is 4.23. The van der Waals surface area contributed by atoms with Crippen molar-refractivity contribution in [1.82, 2.24) is 4.98 Å². The maximum Gasteiger partial charge on any atom is 0.375 e. The molecule has 0 saturated carbocycles. The number of nitrogens with zero attached hydrogens (tertiary/aromatic N) is 1. The summed E-state index contributed by atoms with van der Waals surface area (Å²) in [6.07, 6.45) is 0.265. The van der Waals surface area contributed by atoms with E-state index in [-0.39, 0.29) is 16.6 Å². The lowest BCUT2D eigenvalue weighted by Gasteiger charge is -2.13. The van der Waals surface area contributed by atoms with Crippen LogP contribution in [-0.2, 0) is 9.53 Å². The molecule has 1 amide bonds. The molecule has 1 unspecified atom stereocenters. The minimum Gasteiger partial charge on any atom is -0.449 e. The molecular weight excluding hydrogens is 379 g/mol. The second-order valence-electron chi connectivity index (χ2n) is 5.57. The van der Waals surface area contributed by atoms with Crippen molar-refractivity contribution in [2.24, 2.45) is 0 Å². The first kappa shape index (κ1) is 18.2. The standard InChI is InChI=1S/C18H14Cl2N2O4/c1-9-12-5-3-4-6-14(12)26-15(9)18(24)25-10(2)17(23)22-16-13(20)7-11(19)8-21-16/h3-8,10H,1-2H3,(H,21,22,23). The fourth-order valence-electron chi connectivity index (χ4n) is 2.36. The highest BCUT2D eigenvalue weighted by Crippen LogP contribution is 2.26. The summed E-state index contributed by atoms with van der Waals surface area (Å²) >= 11 is 11.7. The predicted molar refractivity (Wildman–Crippen MR) is 98.7 cm³/mol. The number of carbonyl (C=O) groups excluding carboxylic acids is 2. The van der Waals surface area contributed by atoms with E-state index in [0.717, 1.165) is 5.39 Å². The Labute approximate surface area is 159 Å². The van der Waals surface area contributed by atoms with Gasteiger partial charge in [-0.3, -0.25) is 4.79 Å². The van der Waals surface area contributed by atoms with Crippen molar-refractivity contribution in [3.05, 3.63) is 57.9 Å². The summed E-state index contributed by atoms with van der Waals surface area (Å²) in [5.41, 5.74) is 1.23. The Bertz CT molecular complexity index is 1000. The van der Waals surface area contributed by atoms with Gasteiger partial charge in [-0.15, -0.1) is 0 Å². The molecular formula is C18H14Cl2N2O4. The number of esters is 1. The van der Waals surface area contributed by atoms with Crippen LogP contribution in [0.25, 0.3) is 11.0 Å². The van der Waals surface area contributed by atoms with Crippen LogP contribution in [0.4, 0.5) is 5.82 Å². The number of fused-ring (bicyclic) bond motifs is 1. The summed E-state index contributed by atoms with van der Waals surface area (Å²) < 4.78 is 10.7. The minimum atomic E-state index is -1.08. The fourth-order valence-corrected chi connectivity index (χ4v) is 2.79. The number of pyridine rings is 1. The van der Waals surface area contributed by atoms with Crippen LogP contribution in [0.15, 0.2) is 40.9 Å². The van der Waals surface area contributed by atoms with Crippen LogP contribution >= 0.6 is 23.2 Å². The van der Waals surface area contributed by atoms with Gasteiger partial charge in [-0.25, -0.2) is 9.78 Å². The molecule has 0 aliphatic carbocycles. The molecule has 134 valence electrons. The zero-order chi connectivity index (χ0) is 18.8. The molecule has 0 radical (unpaired) electrons. The molecule has 3 rings (SSSR count). The number of furan rings is 1. The number of halogens is 2. The van der Waals surface area contributed by atoms with Gasteiger partial charge in [-0.1, -0.05) is 41.4 Å². The minimum absolute atomic E-state index is 0.0634. The highest BCUT2D eigenvalue weighted by atomic mass is 35.5. The molecule has 0 saturated heterocycles. The van der Waals surface area contributed by atoms with E-state index in [1.54, 1.807) is 19.1 Å². The Morgan fingerprint density at radius 2 is 2.00 bits per heavy atom. The highest BCUT2D eigenvalue weighted by molar-refractivity contribution is 6.36. The van der Waals surface area contributed by atoms with Crippen molar-refractivity contribution in [2.75, 3.05) is 5.32 Å². The van der Waals surface area contributed by atoms with Gasteiger partial charge in [-0.2, -0.15) is 0 Å². The van der Waals surface area contributed by atoms with E-state index < -0.39 is 18.0 Å². The van der Waals surface area contributed by atoms with Crippen LogP contribution in [0.3, 0.4) is 0 Å². The van der Waals surface area contributed by atoms with Crippen molar-refractivity contribution in [3.8, 4) is 0 Å². The quantitative estimate of drug-likeness (QED) is 0.654. The summed E-state index contributed by atoms with van der Waals surface area (Å²) in [4.78, 5) is 28.5. The van der Waals surface area contributed by atoms with E-state index in [0.29, 0.717) is 16.2 Å². The Kier molecular flexibility index (Phi) is 5.15. The maximum absolute atomic E-state index is 12.4. The molecule has 2 aromatic heterocycles. The fraction of sp³-hybridized carbons (Fsp3) is 0.167. The molecule has 1 aromatic carbocycles. The Hall–Kier alpha value is -2.57. The number of nitrogens with one attached hydrogen (secondary N) is 1. The van der Waals surface area contributed by atoms with Crippen LogP contribution in [0.2, 0.25) is 10.0 Å². The van der Waals surface area contributed by atoms with Crippen molar-refractivity contribution in [3.63, 3.8) is 0 Å². The molecule has 0 aliphatic rings. The number of para-hydroxylation sites is 1. The molecule has 0 aliphatic heterocycles. The normalized spacial score (nSPS) is 12.0. The number of carbonyl (C=O) groups is 2. The second-order valence-corrected chi connectivity index (χ2v) is 6.42. The van der Waals surface area contributed by atoms with Gasteiger partial charge in [0, 0.05) is 17.1 Å². The van der Waals surface area contributed by atoms with E-state index in [2.05, 4.69) is 10.3 Å². The third kappa shape index (κ3) is 3.66. The molecule has 0 bridgehead atoms. The molecule has 1 N–H and O–H groups in total. The van der Waals surface area contributed by atoms with Gasteiger partial charge in [0.2, 0.25) is 5.76 Å². The molecule has 3 aromatic rings. The number of benzene rings is 1. The van der Waals surface area contributed by atoms with E-state index in [9.17, 15) is 9.59 Å². The van der Waals surface area contributed by atoms with Crippen molar-refractivity contribution in [2.45, 2.75) is 20.0 Å². The van der Waals surface area contributed by atoms with Gasteiger partial charge >= 0.3 is 5.97 Å². The third-order valence-electron chi connectivity index (χ3n) is 3.73. The topological polar surface area (TPSA) is 81.4 Å². The summed E-state index contributed by atoms with van der Waals surface area (Å²) in [6, 6.07) is 8.69. The average molecular weight is 393 g/mol. The number of amides is 1. The zero-order valence-electron chi connectivity index (χ0n) is 13.9. The van der Waals surface area contributed by atoms with Crippen LogP contribution in [0, 0.1) is 6.92 Å². The lowest BCUT2D eigenvalue weighted by atomic mass is 10.1. The van der Waals surface area contributed by atoms with Crippen LogP contribution in [0.5, 0.6) is 0 Å². The molecule has 26 heavy (non-hydrogen) atoms. The van der Waals surface area contributed by atoms with E-state index in [4.69, 9.17) is 32.4 Å². The number of rotatable bonds is 4. The second kappa shape index (κ2) is 7.35. The Morgan fingerprint density at radius 3 is 2.69 bits per heavy atom. The van der Waals surface area contributed by atoms with Crippen molar-refractivity contribution < 1.29 is 18.7 Å². The molecule has 1 atom stereocenters. The summed E-state index contributed by atoms with van der Waals surface area (Å²) in [5, 5.41) is 3.82. The number of anilines is 1. The van der Waals surface area contributed by atoms with Gasteiger partial charge in [0.1, 0.15) is 5.58 Å². The van der Waals surface area contributed by atoms with E-state index in [1.807, 2.05) is 12.1 Å². The molecule has 0 fully saturated rings. The smallest absolute Gasteiger partial charge is 0.375 e. The largest absolute Gasteiger partial charge is 0.449 e. The van der Waals surface area contributed by atoms with E-state index in [1.165, 1.54) is 19.2 Å². The molecule has 2 heterocycles. The summed E-state index contributed by atoms with van der Waals surface area (Å²) in [6.45, 7) is 3.19. The zero-order valence-corrected chi connectivity index (χ0v) is 15.4.